The summed E-state index contributed by atoms with van der Waals surface area (Å²) in [6, 6.07) is 6.51. The van der Waals surface area contributed by atoms with E-state index in [4.69, 9.17) is 11.6 Å². The Morgan fingerprint density at radius 2 is 2.18 bits per heavy atom. The number of Topliss-reactive ketones (excluding diaryl/α,β-unsaturated/α-hetero) is 1. The number of benzene rings is 1. The van der Waals surface area contributed by atoms with E-state index in [1.165, 1.54) is 0 Å². The number of aliphatic hydroxyl groups is 1. The normalized spacial score (nSPS) is 13.5. The van der Waals surface area contributed by atoms with Crippen LogP contribution in [0.25, 0.3) is 0 Å². The zero-order valence-electron chi connectivity index (χ0n) is 10.3. The van der Waals surface area contributed by atoms with Crippen molar-refractivity contribution in [3.05, 3.63) is 34.9 Å². The summed E-state index contributed by atoms with van der Waals surface area (Å²) >= 11 is 5.83. The van der Waals surface area contributed by atoms with Crippen LogP contribution in [0.15, 0.2) is 24.3 Å². The van der Waals surface area contributed by atoms with Crippen molar-refractivity contribution < 1.29 is 9.90 Å². The summed E-state index contributed by atoms with van der Waals surface area (Å²) in [5.41, 5.74) is -0.253. The molecule has 2 N–H and O–H groups in total. The molecule has 0 radical (unpaired) electrons. The standard InChI is InChI=1S/C13H18ClNO2/c1-9(15-8-13(2,3)17)12(16)10-5-4-6-11(14)7-10/h4-7,9,15,17H,8H2,1-3H3. The monoisotopic (exact) mass is 255 g/mol. The van der Waals surface area contributed by atoms with Crippen molar-refractivity contribution in [2.24, 2.45) is 0 Å². The van der Waals surface area contributed by atoms with Crippen LogP contribution in [0.1, 0.15) is 31.1 Å². The van der Waals surface area contributed by atoms with Crippen LogP contribution in [0.2, 0.25) is 5.02 Å². The molecule has 0 aliphatic rings. The smallest absolute Gasteiger partial charge is 0.179 e. The predicted octanol–water partition coefficient (Wildman–Crippen LogP) is 2.27. The van der Waals surface area contributed by atoms with E-state index in [0.717, 1.165) is 0 Å². The van der Waals surface area contributed by atoms with Crippen LogP contribution in [-0.2, 0) is 0 Å². The fourth-order valence-corrected chi connectivity index (χ4v) is 1.58. The van der Waals surface area contributed by atoms with Gasteiger partial charge in [-0.1, -0.05) is 23.7 Å². The van der Waals surface area contributed by atoms with Crippen LogP contribution in [0.4, 0.5) is 0 Å². The molecule has 0 saturated carbocycles. The van der Waals surface area contributed by atoms with Crippen molar-refractivity contribution in [1.82, 2.24) is 5.32 Å². The third kappa shape index (κ3) is 4.86. The molecule has 1 aromatic carbocycles. The number of nitrogens with one attached hydrogen (secondary N) is 1. The van der Waals surface area contributed by atoms with Gasteiger partial charge in [0.25, 0.3) is 0 Å². The van der Waals surface area contributed by atoms with Crippen LogP contribution < -0.4 is 5.32 Å². The molecule has 0 aliphatic carbocycles. The van der Waals surface area contributed by atoms with Crippen LogP contribution in [-0.4, -0.2) is 29.1 Å². The molecule has 0 fully saturated rings. The molecule has 4 heteroatoms. The van der Waals surface area contributed by atoms with Gasteiger partial charge in [0, 0.05) is 17.1 Å². The molecule has 1 rings (SSSR count). The zero-order chi connectivity index (χ0) is 13.1. The molecular weight excluding hydrogens is 238 g/mol. The lowest BCUT2D eigenvalue weighted by atomic mass is 10.0. The molecule has 94 valence electrons. The highest BCUT2D eigenvalue weighted by Gasteiger charge is 2.19. The molecule has 0 spiro atoms. The molecule has 0 heterocycles. The van der Waals surface area contributed by atoms with E-state index in [0.29, 0.717) is 17.1 Å². The molecule has 0 aliphatic heterocycles. The maximum Gasteiger partial charge on any atom is 0.179 e. The van der Waals surface area contributed by atoms with E-state index in [9.17, 15) is 9.90 Å². The molecule has 0 saturated heterocycles. The fourth-order valence-electron chi connectivity index (χ4n) is 1.39. The Labute approximate surface area is 107 Å². The second-order valence-corrected chi connectivity index (χ2v) is 5.23. The lowest BCUT2D eigenvalue weighted by Crippen LogP contribution is -2.42. The first-order chi connectivity index (χ1) is 7.79. The SMILES string of the molecule is CC(NCC(C)(C)O)C(=O)c1cccc(Cl)c1. The summed E-state index contributed by atoms with van der Waals surface area (Å²) in [6.45, 7) is 5.52. The van der Waals surface area contributed by atoms with Crippen LogP contribution in [0, 0.1) is 0 Å². The van der Waals surface area contributed by atoms with Gasteiger partial charge < -0.3 is 10.4 Å². The Morgan fingerprint density at radius 3 is 2.71 bits per heavy atom. The minimum absolute atomic E-state index is 0.0308. The van der Waals surface area contributed by atoms with Gasteiger partial charge in [0.05, 0.1) is 11.6 Å². The van der Waals surface area contributed by atoms with E-state index < -0.39 is 5.60 Å². The molecule has 1 atom stereocenters. The van der Waals surface area contributed by atoms with Gasteiger partial charge in [0.2, 0.25) is 0 Å². The molecule has 0 aromatic heterocycles. The van der Waals surface area contributed by atoms with E-state index in [1.807, 2.05) is 0 Å². The molecule has 1 unspecified atom stereocenters. The quantitative estimate of drug-likeness (QED) is 0.794. The summed E-state index contributed by atoms with van der Waals surface area (Å²) < 4.78 is 0. The molecule has 1 aromatic rings. The number of carbonyl (C=O) groups excluding carboxylic acids is 1. The minimum Gasteiger partial charge on any atom is -0.389 e. The van der Waals surface area contributed by atoms with Crippen molar-refractivity contribution in [3.8, 4) is 0 Å². The first-order valence-corrected chi connectivity index (χ1v) is 5.93. The summed E-state index contributed by atoms with van der Waals surface area (Å²) in [6.07, 6.45) is 0. The van der Waals surface area contributed by atoms with E-state index in [2.05, 4.69) is 5.32 Å². The van der Waals surface area contributed by atoms with Gasteiger partial charge in [-0.25, -0.2) is 0 Å². The average Bonchev–Trinajstić information content (AvgIpc) is 2.24. The first kappa shape index (κ1) is 14.2. The molecule has 0 amide bonds. The predicted molar refractivity (Wildman–Crippen MR) is 69.5 cm³/mol. The molecule has 17 heavy (non-hydrogen) atoms. The van der Waals surface area contributed by atoms with Crippen molar-refractivity contribution >= 4 is 17.4 Å². The first-order valence-electron chi connectivity index (χ1n) is 5.55. The van der Waals surface area contributed by atoms with Crippen molar-refractivity contribution in [1.29, 1.82) is 0 Å². The maximum absolute atomic E-state index is 12.0. The van der Waals surface area contributed by atoms with Gasteiger partial charge in [-0.3, -0.25) is 4.79 Å². The fraction of sp³-hybridized carbons (Fsp3) is 0.462. The van der Waals surface area contributed by atoms with Gasteiger partial charge in [-0.05, 0) is 32.9 Å². The Kier molecular flexibility index (Phi) is 4.69. The summed E-state index contributed by atoms with van der Waals surface area (Å²) in [7, 11) is 0. The Morgan fingerprint density at radius 1 is 1.53 bits per heavy atom. The van der Waals surface area contributed by atoms with Crippen LogP contribution >= 0.6 is 11.6 Å². The van der Waals surface area contributed by atoms with Gasteiger partial charge in [-0.15, -0.1) is 0 Å². The second-order valence-electron chi connectivity index (χ2n) is 4.79. The molecule has 3 nitrogen and oxygen atoms in total. The zero-order valence-corrected chi connectivity index (χ0v) is 11.1. The van der Waals surface area contributed by atoms with E-state index >= 15 is 0 Å². The number of hydrogen-bond acceptors (Lipinski definition) is 3. The minimum atomic E-state index is -0.830. The summed E-state index contributed by atoms with van der Waals surface area (Å²) in [5.74, 6) is -0.0308. The number of halogens is 1. The van der Waals surface area contributed by atoms with Crippen molar-refractivity contribution in [2.75, 3.05) is 6.54 Å². The van der Waals surface area contributed by atoms with Gasteiger partial charge in [0.15, 0.2) is 5.78 Å². The Hall–Kier alpha value is -0.900. The average molecular weight is 256 g/mol. The highest BCUT2D eigenvalue weighted by molar-refractivity contribution is 6.31. The van der Waals surface area contributed by atoms with Gasteiger partial charge in [0.1, 0.15) is 0 Å². The lowest BCUT2D eigenvalue weighted by molar-refractivity contribution is 0.0734. The Bertz CT molecular complexity index is 399. The van der Waals surface area contributed by atoms with Crippen molar-refractivity contribution in [2.45, 2.75) is 32.4 Å². The second kappa shape index (κ2) is 5.63. The largest absolute Gasteiger partial charge is 0.389 e. The molecular formula is C13H18ClNO2. The number of rotatable bonds is 5. The van der Waals surface area contributed by atoms with Gasteiger partial charge in [-0.2, -0.15) is 0 Å². The highest BCUT2D eigenvalue weighted by atomic mass is 35.5. The third-order valence-electron chi connectivity index (χ3n) is 2.34. The Balaban J connectivity index is 2.64. The molecule has 0 bridgehead atoms. The third-order valence-corrected chi connectivity index (χ3v) is 2.58. The van der Waals surface area contributed by atoms with Crippen LogP contribution in [0.5, 0.6) is 0 Å². The van der Waals surface area contributed by atoms with Crippen LogP contribution in [0.3, 0.4) is 0 Å². The summed E-state index contributed by atoms with van der Waals surface area (Å²) in [4.78, 5) is 12.0. The van der Waals surface area contributed by atoms with Gasteiger partial charge >= 0.3 is 0 Å². The summed E-state index contributed by atoms with van der Waals surface area (Å²) in [5, 5.41) is 13.1. The van der Waals surface area contributed by atoms with E-state index in [-0.39, 0.29) is 11.8 Å². The van der Waals surface area contributed by atoms with Crippen molar-refractivity contribution in [3.63, 3.8) is 0 Å². The van der Waals surface area contributed by atoms with E-state index in [1.54, 1.807) is 45.0 Å². The topological polar surface area (TPSA) is 49.3 Å². The lowest BCUT2D eigenvalue weighted by Gasteiger charge is -2.21. The highest BCUT2D eigenvalue weighted by Crippen LogP contribution is 2.12. The maximum atomic E-state index is 12.0. The number of carbonyl (C=O) groups is 1. The number of hydrogen-bond donors (Lipinski definition) is 2. The number of ketones is 1.